The van der Waals surface area contributed by atoms with Crippen LogP contribution in [-0.2, 0) is 9.59 Å². The lowest BCUT2D eigenvalue weighted by Gasteiger charge is -2.15. The number of carboxylic acids is 1. The van der Waals surface area contributed by atoms with Gasteiger partial charge >= 0.3 is 12.0 Å². The maximum atomic E-state index is 11.2. The largest absolute Gasteiger partial charge is 0.480 e. The zero-order chi connectivity index (χ0) is 13.4. The zero-order valence-electron chi connectivity index (χ0n) is 9.77. The highest BCUT2D eigenvalue weighted by molar-refractivity contribution is 5.86. The van der Waals surface area contributed by atoms with Gasteiger partial charge in [0, 0.05) is 27.1 Å². The van der Waals surface area contributed by atoms with Crippen LogP contribution in [0.4, 0.5) is 4.79 Å². The van der Waals surface area contributed by atoms with Gasteiger partial charge in [0.15, 0.2) is 0 Å². The molecule has 3 amide bonds. The third-order valence-corrected chi connectivity index (χ3v) is 1.92. The van der Waals surface area contributed by atoms with E-state index in [0.29, 0.717) is 0 Å². The summed E-state index contributed by atoms with van der Waals surface area (Å²) in [5, 5.41) is 21.6. The van der Waals surface area contributed by atoms with E-state index >= 15 is 0 Å². The minimum atomic E-state index is -1.24. The molecule has 4 N–H and O–H groups in total. The molecule has 98 valence electrons. The van der Waals surface area contributed by atoms with Crippen LogP contribution in [0.3, 0.4) is 0 Å². The zero-order valence-corrected chi connectivity index (χ0v) is 9.77. The van der Waals surface area contributed by atoms with Crippen molar-refractivity contribution in [3.8, 4) is 0 Å². The van der Waals surface area contributed by atoms with Gasteiger partial charge in [0.1, 0.15) is 6.04 Å². The summed E-state index contributed by atoms with van der Waals surface area (Å²) in [5.74, 6) is -1.55. The van der Waals surface area contributed by atoms with Crippen LogP contribution < -0.4 is 10.6 Å². The van der Waals surface area contributed by atoms with E-state index < -0.39 is 18.0 Å². The van der Waals surface area contributed by atoms with Crippen molar-refractivity contribution in [1.82, 2.24) is 15.5 Å². The Hall–Kier alpha value is -1.83. The lowest BCUT2D eigenvalue weighted by Crippen LogP contribution is -2.48. The third-order valence-electron chi connectivity index (χ3n) is 1.92. The van der Waals surface area contributed by atoms with Crippen LogP contribution in [0, 0.1) is 0 Å². The summed E-state index contributed by atoms with van der Waals surface area (Å²) in [6.45, 7) is -0.571. The van der Waals surface area contributed by atoms with Gasteiger partial charge in [-0.2, -0.15) is 0 Å². The average molecular weight is 247 g/mol. The van der Waals surface area contributed by atoms with E-state index in [9.17, 15) is 14.4 Å². The molecule has 8 nitrogen and oxygen atoms in total. The summed E-state index contributed by atoms with van der Waals surface area (Å²) in [5.41, 5.74) is 0. The van der Waals surface area contributed by atoms with Gasteiger partial charge in [0.2, 0.25) is 5.91 Å². The number of hydrogen-bond acceptors (Lipinski definition) is 4. The molecule has 0 aromatic rings. The number of carbonyl (C=O) groups is 3. The van der Waals surface area contributed by atoms with Crippen LogP contribution in [0.2, 0.25) is 0 Å². The van der Waals surface area contributed by atoms with Crippen molar-refractivity contribution in [2.45, 2.75) is 12.5 Å². The molecule has 0 spiro atoms. The first-order chi connectivity index (χ1) is 7.88. The van der Waals surface area contributed by atoms with E-state index in [1.165, 1.54) is 19.0 Å². The minimum Gasteiger partial charge on any atom is -0.480 e. The van der Waals surface area contributed by atoms with Crippen molar-refractivity contribution in [1.29, 1.82) is 0 Å². The number of carbonyl (C=O) groups excluding carboxylic acids is 2. The Morgan fingerprint density at radius 2 is 1.88 bits per heavy atom. The van der Waals surface area contributed by atoms with Crippen molar-refractivity contribution < 1.29 is 24.6 Å². The number of carboxylic acid groups (broad SMARTS) is 1. The van der Waals surface area contributed by atoms with Gasteiger partial charge < -0.3 is 25.7 Å². The Labute approximate surface area is 98.6 Å². The summed E-state index contributed by atoms with van der Waals surface area (Å²) in [4.78, 5) is 34.3. The molecule has 0 fully saturated rings. The van der Waals surface area contributed by atoms with Crippen LogP contribution in [0.25, 0.3) is 0 Å². The highest BCUT2D eigenvalue weighted by Gasteiger charge is 2.19. The number of aliphatic carboxylic acids is 1. The third kappa shape index (κ3) is 6.36. The Morgan fingerprint density at radius 3 is 2.29 bits per heavy atom. The SMILES string of the molecule is CN(C)C(=O)CNC(=O)N[C@@H](CCO)C(=O)O. The number of urea groups is 1. The monoisotopic (exact) mass is 247 g/mol. The predicted molar refractivity (Wildman–Crippen MR) is 58.4 cm³/mol. The lowest BCUT2D eigenvalue weighted by molar-refractivity contribution is -0.139. The van der Waals surface area contributed by atoms with E-state index in [4.69, 9.17) is 10.2 Å². The van der Waals surface area contributed by atoms with E-state index in [2.05, 4.69) is 10.6 Å². The first-order valence-electron chi connectivity index (χ1n) is 4.96. The number of hydrogen-bond donors (Lipinski definition) is 4. The molecular weight excluding hydrogens is 230 g/mol. The lowest BCUT2D eigenvalue weighted by atomic mass is 10.2. The molecule has 0 aliphatic carbocycles. The molecule has 0 aromatic heterocycles. The van der Waals surface area contributed by atoms with Crippen LogP contribution >= 0.6 is 0 Å². The van der Waals surface area contributed by atoms with Crippen LogP contribution in [0.15, 0.2) is 0 Å². The minimum absolute atomic E-state index is 0.0929. The second-order valence-electron chi connectivity index (χ2n) is 3.52. The summed E-state index contributed by atoms with van der Waals surface area (Å²) in [6, 6.07) is -1.93. The summed E-state index contributed by atoms with van der Waals surface area (Å²) < 4.78 is 0. The van der Waals surface area contributed by atoms with Crippen LogP contribution in [-0.4, -0.2) is 66.3 Å². The molecule has 0 radical (unpaired) electrons. The molecule has 0 heterocycles. The van der Waals surface area contributed by atoms with Crippen molar-refractivity contribution >= 4 is 17.9 Å². The molecule has 0 aliphatic rings. The second-order valence-corrected chi connectivity index (χ2v) is 3.52. The van der Waals surface area contributed by atoms with Crippen molar-refractivity contribution in [2.24, 2.45) is 0 Å². The molecule has 0 unspecified atom stereocenters. The van der Waals surface area contributed by atoms with E-state index in [1.54, 1.807) is 0 Å². The van der Waals surface area contributed by atoms with E-state index in [0.717, 1.165) is 0 Å². The molecule has 0 aliphatic heterocycles. The average Bonchev–Trinajstić information content (AvgIpc) is 2.24. The van der Waals surface area contributed by atoms with Crippen LogP contribution in [0.5, 0.6) is 0 Å². The molecule has 17 heavy (non-hydrogen) atoms. The smallest absolute Gasteiger partial charge is 0.326 e. The molecule has 0 saturated carbocycles. The number of aliphatic hydroxyl groups is 1. The highest BCUT2D eigenvalue weighted by Crippen LogP contribution is 1.91. The van der Waals surface area contributed by atoms with Gasteiger partial charge in [-0.1, -0.05) is 0 Å². The maximum absolute atomic E-state index is 11.2. The number of rotatable bonds is 6. The number of nitrogens with one attached hydrogen (secondary N) is 2. The van der Waals surface area contributed by atoms with Crippen molar-refractivity contribution in [2.75, 3.05) is 27.2 Å². The first kappa shape index (κ1) is 15.2. The Bertz CT molecular complexity index is 292. The molecule has 0 rings (SSSR count). The topological polar surface area (TPSA) is 119 Å². The van der Waals surface area contributed by atoms with Gasteiger partial charge in [0.05, 0.1) is 6.54 Å². The molecule has 0 aromatic carbocycles. The summed E-state index contributed by atoms with van der Waals surface area (Å²) >= 11 is 0. The van der Waals surface area contributed by atoms with Crippen LogP contribution in [0.1, 0.15) is 6.42 Å². The quantitative estimate of drug-likeness (QED) is 0.442. The van der Waals surface area contributed by atoms with Gasteiger partial charge in [-0.3, -0.25) is 4.79 Å². The Morgan fingerprint density at radius 1 is 1.29 bits per heavy atom. The molecule has 8 heteroatoms. The number of likely N-dealkylation sites (N-methyl/N-ethyl adjacent to an activating group) is 1. The second kappa shape index (κ2) is 7.44. The van der Waals surface area contributed by atoms with Gasteiger partial charge in [0.25, 0.3) is 0 Å². The normalized spacial score (nSPS) is 11.5. The van der Waals surface area contributed by atoms with Gasteiger partial charge in [-0.25, -0.2) is 9.59 Å². The Balaban J connectivity index is 4.07. The van der Waals surface area contributed by atoms with E-state index in [-0.39, 0.29) is 25.5 Å². The summed E-state index contributed by atoms with van der Waals surface area (Å²) in [6.07, 6.45) is -0.0929. The molecule has 0 saturated heterocycles. The first-order valence-corrected chi connectivity index (χ1v) is 4.96. The Kier molecular flexibility index (Phi) is 6.64. The fourth-order valence-corrected chi connectivity index (χ4v) is 0.910. The predicted octanol–water partition coefficient (Wildman–Crippen LogP) is -1.79. The standard InChI is InChI=1S/C9H17N3O5/c1-12(2)7(14)5-10-9(17)11-6(3-4-13)8(15)16/h6,13H,3-5H2,1-2H3,(H,15,16)(H2,10,11,17)/t6-/m0/s1. The van der Waals surface area contributed by atoms with Gasteiger partial charge in [-0.15, -0.1) is 0 Å². The van der Waals surface area contributed by atoms with Crippen molar-refractivity contribution in [3.05, 3.63) is 0 Å². The maximum Gasteiger partial charge on any atom is 0.326 e. The molecule has 0 bridgehead atoms. The van der Waals surface area contributed by atoms with E-state index in [1.807, 2.05) is 0 Å². The molecular formula is C9H17N3O5. The number of nitrogens with zero attached hydrogens (tertiary/aromatic N) is 1. The fourth-order valence-electron chi connectivity index (χ4n) is 0.910. The fraction of sp³-hybridized carbons (Fsp3) is 0.667. The summed E-state index contributed by atoms with van der Waals surface area (Å²) in [7, 11) is 3.07. The van der Waals surface area contributed by atoms with Crippen molar-refractivity contribution in [3.63, 3.8) is 0 Å². The van der Waals surface area contributed by atoms with Gasteiger partial charge in [-0.05, 0) is 0 Å². The number of aliphatic hydroxyl groups excluding tert-OH is 1. The highest BCUT2D eigenvalue weighted by atomic mass is 16.4. The number of amides is 3. The molecule has 1 atom stereocenters.